The molecule has 0 fully saturated rings. The van der Waals surface area contributed by atoms with Gasteiger partial charge in [-0.05, 0) is 12.0 Å². The van der Waals surface area contributed by atoms with Crippen LogP contribution in [0, 0.1) is 11.1 Å². The molecule has 0 aliphatic heterocycles. The van der Waals surface area contributed by atoms with Gasteiger partial charge in [-0.1, -0.05) is 13.8 Å². The molecule has 0 aliphatic carbocycles. The van der Waals surface area contributed by atoms with Crippen molar-refractivity contribution in [3.05, 3.63) is 35.3 Å². The molecule has 1 N–H and O–H groups in total. The molecule has 0 aliphatic rings. The van der Waals surface area contributed by atoms with E-state index in [9.17, 15) is 10.0 Å². The number of carbonyl (C=O) groups is 1. The van der Waals surface area contributed by atoms with Crippen LogP contribution >= 0.6 is 0 Å². The molecule has 5 heteroatoms. The average molecular weight is 207 g/mol. The largest absolute Gasteiger partial charge is 0.619 e. The zero-order valence-electron chi connectivity index (χ0n) is 8.68. The monoisotopic (exact) mass is 207 g/mol. The predicted molar refractivity (Wildman–Crippen MR) is 56.2 cm³/mol. The van der Waals surface area contributed by atoms with E-state index in [2.05, 4.69) is 10.5 Å². The summed E-state index contributed by atoms with van der Waals surface area (Å²) in [5, 5.41) is 14.6. The molecular formula is C10H13N3O2. The van der Waals surface area contributed by atoms with Crippen molar-refractivity contribution in [3.63, 3.8) is 0 Å². The highest BCUT2D eigenvalue weighted by Gasteiger charge is 2.06. The summed E-state index contributed by atoms with van der Waals surface area (Å²) in [6.45, 7) is 3.90. The summed E-state index contributed by atoms with van der Waals surface area (Å²) in [5.74, 6) is -0.123. The number of hydrogen-bond acceptors (Lipinski definition) is 3. The van der Waals surface area contributed by atoms with E-state index in [0.717, 1.165) is 0 Å². The van der Waals surface area contributed by atoms with Gasteiger partial charge in [0.2, 0.25) is 0 Å². The molecule has 0 bridgehead atoms. The molecule has 0 saturated heterocycles. The van der Waals surface area contributed by atoms with Crippen LogP contribution in [0.3, 0.4) is 0 Å². The Morgan fingerprint density at radius 1 is 1.67 bits per heavy atom. The Hall–Kier alpha value is -1.91. The second-order valence-corrected chi connectivity index (χ2v) is 3.42. The van der Waals surface area contributed by atoms with Gasteiger partial charge in [-0.3, -0.25) is 4.79 Å². The minimum absolute atomic E-state index is 0.269. The Morgan fingerprint density at radius 2 is 2.40 bits per heavy atom. The number of amides is 1. The third-order valence-electron chi connectivity index (χ3n) is 1.58. The van der Waals surface area contributed by atoms with Crippen LogP contribution in [-0.4, -0.2) is 12.1 Å². The smallest absolute Gasteiger partial charge is 0.277 e. The lowest BCUT2D eigenvalue weighted by molar-refractivity contribution is -0.605. The number of aromatic nitrogens is 1. The standard InChI is InChI=1S/C10H13N3O2/c1-8(2)6-11-12-10(14)9-4-3-5-13(15)7-9/h3-8H,1-2H3,(H,12,14). The number of nitrogens with one attached hydrogen (secondary N) is 1. The number of carbonyl (C=O) groups excluding carboxylic acids is 1. The van der Waals surface area contributed by atoms with Crippen molar-refractivity contribution in [2.75, 3.05) is 0 Å². The van der Waals surface area contributed by atoms with Crippen LogP contribution in [0.15, 0.2) is 29.6 Å². The molecule has 0 saturated carbocycles. The summed E-state index contributed by atoms with van der Waals surface area (Å²) in [7, 11) is 0. The maximum absolute atomic E-state index is 11.4. The first-order chi connectivity index (χ1) is 7.09. The molecule has 15 heavy (non-hydrogen) atoms. The summed E-state index contributed by atoms with van der Waals surface area (Å²) < 4.78 is 0.571. The minimum Gasteiger partial charge on any atom is -0.619 e. The molecule has 0 atom stereocenters. The lowest BCUT2D eigenvalue weighted by Gasteiger charge is -2.00. The quantitative estimate of drug-likeness (QED) is 0.343. The third kappa shape index (κ3) is 3.76. The Balaban J connectivity index is 2.62. The average Bonchev–Trinajstić information content (AvgIpc) is 2.17. The topological polar surface area (TPSA) is 68.4 Å². The summed E-state index contributed by atoms with van der Waals surface area (Å²) in [5.41, 5.74) is 2.62. The zero-order chi connectivity index (χ0) is 11.3. The molecule has 1 aromatic rings. The number of rotatable bonds is 3. The Bertz CT molecular complexity index is 375. The van der Waals surface area contributed by atoms with Crippen molar-refractivity contribution >= 4 is 12.1 Å². The first-order valence-corrected chi connectivity index (χ1v) is 4.62. The number of hydrogen-bond donors (Lipinski definition) is 1. The molecule has 0 aromatic carbocycles. The SMILES string of the molecule is CC(C)C=NNC(=O)c1ccc[n+]([O-])c1. The van der Waals surface area contributed by atoms with Gasteiger partial charge < -0.3 is 5.21 Å². The zero-order valence-corrected chi connectivity index (χ0v) is 8.68. The molecule has 0 radical (unpaired) electrons. The van der Waals surface area contributed by atoms with Crippen LogP contribution in [0.1, 0.15) is 24.2 Å². The normalized spacial score (nSPS) is 10.9. The second-order valence-electron chi connectivity index (χ2n) is 3.42. The van der Waals surface area contributed by atoms with E-state index < -0.39 is 5.91 Å². The molecule has 1 rings (SSSR count). The van der Waals surface area contributed by atoms with Crippen LogP contribution in [0.25, 0.3) is 0 Å². The Labute approximate surface area is 88.0 Å². The van der Waals surface area contributed by atoms with Gasteiger partial charge in [-0.2, -0.15) is 9.83 Å². The van der Waals surface area contributed by atoms with Gasteiger partial charge in [0.05, 0.1) is 0 Å². The lowest BCUT2D eigenvalue weighted by Crippen LogP contribution is -2.28. The van der Waals surface area contributed by atoms with E-state index in [4.69, 9.17) is 0 Å². The van der Waals surface area contributed by atoms with Gasteiger partial charge in [-0.25, -0.2) is 5.43 Å². The van der Waals surface area contributed by atoms with Gasteiger partial charge in [-0.15, -0.1) is 0 Å². The van der Waals surface area contributed by atoms with Crippen LogP contribution in [-0.2, 0) is 0 Å². The molecule has 0 spiro atoms. The summed E-state index contributed by atoms with van der Waals surface area (Å²) >= 11 is 0. The molecule has 1 heterocycles. The molecular weight excluding hydrogens is 194 g/mol. The van der Waals surface area contributed by atoms with E-state index in [0.29, 0.717) is 4.73 Å². The van der Waals surface area contributed by atoms with E-state index in [1.54, 1.807) is 12.3 Å². The molecule has 5 nitrogen and oxygen atoms in total. The third-order valence-corrected chi connectivity index (χ3v) is 1.58. The molecule has 1 aromatic heterocycles. The van der Waals surface area contributed by atoms with Crippen LogP contribution in [0.2, 0.25) is 0 Å². The van der Waals surface area contributed by atoms with Gasteiger partial charge >= 0.3 is 0 Å². The minimum atomic E-state index is -0.392. The lowest BCUT2D eigenvalue weighted by atomic mass is 10.2. The first-order valence-electron chi connectivity index (χ1n) is 4.62. The maximum atomic E-state index is 11.4. The summed E-state index contributed by atoms with van der Waals surface area (Å²) in [6.07, 6.45) is 4.13. The van der Waals surface area contributed by atoms with Gasteiger partial charge in [0, 0.05) is 12.3 Å². The summed E-state index contributed by atoms with van der Waals surface area (Å²) in [6, 6.07) is 3.06. The van der Waals surface area contributed by atoms with Crippen molar-refractivity contribution in [2.45, 2.75) is 13.8 Å². The van der Waals surface area contributed by atoms with E-state index in [1.807, 2.05) is 13.8 Å². The molecule has 1 amide bonds. The van der Waals surface area contributed by atoms with Crippen molar-refractivity contribution in [3.8, 4) is 0 Å². The van der Waals surface area contributed by atoms with Gasteiger partial charge in [0.25, 0.3) is 5.91 Å². The van der Waals surface area contributed by atoms with Gasteiger partial charge in [0.15, 0.2) is 12.4 Å². The first kappa shape index (κ1) is 11.2. The highest BCUT2D eigenvalue weighted by atomic mass is 16.5. The van der Waals surface area contributed by atoms with Crippen LogP contribution in [0.5, 0.6) is 0 Å². The van der Waals surface area contributed by atoms with Crippen molar-refractivity contribution in [2.24, 2.45) is 11.0 Å². The fourth-order valence-corrected chi connectivity index (χ4v) is 0.899. The molecule has 80 valence electrons. The number of nitrogens with zero attached hydrogens (tertiary/aromatic N) is 2. The molecule has 0 unspecified atom stereocenters. The van der Waals surface area contributed by atoms with E-state index >= 15 is 0 Å². The maximum Gasteiger partial charge on any atom is 0.277 e. The Kier molecular flexibility index (Phi) is 3.79. The number of hydrazone groups is 1. The predicted octanol–water partition coefficient (Wildman–Crippen LogP) is 0.692. The summed E-state index contributed by atoms with van der Waals surface area (Å²) in [4.78, 5) is 11.4. The van der Waals surface area contributed by atoms with Crippen molar-refractivity contribution < 1.29 is 9.52 Å². The van der Waals surface area contributed by atoms with Crippen molar-refractivity contribution in [1.29, 1.82) is 0 Å². The van der Waals surface area contributed by atoms with Gasteiger partial charge in [0.1, 0.15) is 5.56 Å². The highest BCUT2D eigenvalue weighted by Crippen LogP contribution is 1.93. The van der Waals surface area contributed by atoms with Crippen molar-refractivity contribution in [1.82, 2.24) is 5.43 Å². The van der Waals surface area contributed by atoms with E-state index in [1.165, 1.54) is 18.5 Å². The Morgan fingerprint density at radius 3 is 3.00 bits per heavy atom. The fraction of sp³-hybridized carbons (Fsp3) is 0.300. The second kappa shape index (κ2) is 5.09. The van der Waals surface area contributed by atoms with Crippen LogP contribution < -0.4 is 10.2 Å². The fourth-order valence-electron chi connectivity index (χ4n) is 0.899. The van der Waals surface area contributed by atoms with E-state index in [-0.39, 0.29) is 11.5 Å². The number of pyridine rings is 1. The van der Waals surface area contributed by atoms with Crippen LogP contribution in [0.4, 0.5) is 0 Å². The highest BCUT2D eigenvalue weighted by molar-refractivity contribution is 5.93.